The van der Waals surface area contributed by atoms with Crippen LogP contribution in [0, 0.1) is 5.82 Å². The Balaban J connectivity index is 1.53. The number of hydrogen-bond acceptors (Lipinski definition) is 6. The summed E-state index contributed by atoms with van der Waals surface area (Å²) < 4.78 is 13.7. The number of anilines is 2. The predicted molar refractivity (Wildman–Crippen MR) is 92.5 cm³/mol. The first-order valence-corrected chi connectivity index (χ1v) is 8.19. The Hall–Kier alpha value is -2.28. The maximum atomic E-state index is 13.7. The second-order valence-corrected chi connectivity index (χ2v) is 6.31. The topological polar surface area (TPSA) is 57.2 Å². The lowest BCUT2D eigenvalue weighted by Crippen LogP contribution is -2.39. The van der Waals surface area contributed by atoms with E-state index in [0.717, 1.165) is 32.5 Å². The fourth-order valence-corrected chi connectivity index (χ4v) is 2.91. The van der Waals surface area contributed by atoms with Gasteiger partial charge in [-0.3, -0.25) is 9.88 Å². The molecule has 6 nitrogen and oxygen atoms in total. The van der Waals surface area contributed by atoms with Gasteiger partial charge in [-0.1, -0.05) is 0 Å². The molecule has 3 rings (SSSR count). The lowest BCUT2D eigenvalue weighted by Gasteiger charge is -2.32. The van der Waals surface area contributed by atoms with Crippen molar-refractivity contribution in [1.82, 2.24) is 19.9 Å². The minimum Gasteiger partial charge on any atom is -0.360 e. The molecule has 0 unspecified atom stereocenters. The lowest BCUT2D eigenvalue weighted by molar-refractivity contribution is 0.211. The molecule has 1 N–H and O–H groups in total. The Morgan fingerprint density at radius 1 is 1.25 bits per heavy atom. The quantitative estimate of drug-likeness (QED) is 0.907. The van der Waals surface area contributed by atoms with E-state index in [-0.39, 0.29) is 0 Å². The highest BCUT2D eigenvalue weighted by Crippen LogP contribution is 2.19. The molecule has 0 aliphatic carbocycles. The first kappa shape index (κ1) is 16.6. The average molecular weight is 330 g/mol. The largest absolute Gasteiger partial charge is 0.360 e. The van der Waals surface area contributed by atoms with Gasteiger partial charge in [0.1, 0.15) is 0 Å². The Bertz CT molecular complexity index is 655. The molecule has 2 aromatic heterocycles. The molecule has 0 radical (unpaired) electrons. The van der Waals surface area contributed by atoms with E-state index in [1.807, 2.05) is 12.4 Å². The van der Waals surface area contributed by atoms with Crippen LogP contribution >= 0.6 is 0 Å². The van der Waals surface area contributed by atoms with Crippen LogP contribution in [-0.4, -0.2) is 53.1 Å². The Morgan fingerprint density at radius 2 is 1.96 bits per heavy atom. The van der Waals surface area contributed by atoms with Gasteiger partial charge in [0.05, 0.1) is 6.20 Å². The van der Waals surface area contributed by atoms with Crippen molar-refractivity contribution in [1.29, 1.82) is 0 Å². The van der Waals surface area contributed by atoms with E-state index >= 15 is 0 Å². The van der Waals surface area contributed by atoms with E-state index in [2.05, 4.69) is 37.3 Å². The zero-order valence-corrected chi connectivity index (χ0v) is 14.1. The van der Waals surface area contributed by atoms with Crippen molar-refractivity contribution >= 4 is 11.8 Å². The van der Waals surface area contributed by atoms with Gasteiger partial charge in [-0.05, 0) is 30.5 Å². The molecule has 0 spiro atoms. The van der Waals surface area contributed by atoms with E-state index in [9.17, 15) is 4.39 Å². The number of likely N-dealkylation sites (tertiary alicyclic amines) is 1. The molecule has 0 saturated carbocycles. The summed E-state index contributed by atoms with van der Waals surface area (Å²) in [6, 6.07) is 4.43. The number of nitrogens with one attached hydrogen (secondary N) is 1. The van der Waals surface area contributed by atoms with Crippen LogP contribution in [0.2, 0.25) is 0 Å². The highest BCUT2D eigenvalue weighted by Gasteiger charge is 2.20. The molecule has 1 saturated heterocycles. The number of halogens is 1. The van der Waals surface area contributed by atoms with Crippen molar-refractivity contribution in [2.24, 2.45) is 0 Å². The van der Waals surface area contributed by atoms with Crippen LogP contribution in [0.25, 0.3) is 0 Å². The molecule has 1 aliphatic heterocycles. The number of nitrogens with zero attached hydrogens (tertiary/aromatic N) is 5. The second kappa shape index (κ2) is 7.53. The zero-order chi connectivity index (χ0) is 16.9. The molecule has 2 aromatic rings. The number of rotatable bonds is 5. The molecule has 0 bridgehead atoms. The first-order valence-electron chi connectivity index (χ1n) is 8.19. The molecule has 3 heterocycles. The van der Waals surface area contributed by atoms with E-state index in [1.165, 1.54) is 11.8 Å². The van der Waals surface area contributed by atoms with E-state index in [4.69, 9.17) is 0 Å². The Morgan fingerprint density at radius 3 is 2.62 bits per heavy atom. The summed E-state index contributed by atoms with van der Waals surface area (Å²) in [6.07, 6.45) is 6.92. The molecule has 128 valence electrons. The minimum atomic E-state index is -0.405. The van der Waals surface area contributed by atoms with E-state index in [0.29, 0.717) is 17.8 Å². The summed E-state index contributed by atoms with van der Waals surface area (Å²) in [5.74, 6) is 0.396. The minimum absolute atomic E-state index is 0.308. The number of pyridine rings is 1. The molecule has 0 atom stereocenters. The van der Waals surface area contributed by atoms with Gasteiger partial charge in [0.2, 0.25) is 5.95 Å². The van der Waals surface area contributed by atoms with Crippen LogP contribution in [0.4, 0.5) is 16.2 Å². The van der Waals surface area contributed by atoms with Crippen LogP contribution in [0.3, 0.4) is 0 Å². The highest BCUT2D eigenvalue weighted by molar-refractivity contribution is 5.42. The van der Waals surface area contributed by atoms with Crippen LogP contribution in [0.1, 0.15) is 18.4 Å². The van der Waals surface area contributed by atoms with Crippen molar-refractivity contribution in [3.05, 3.63) is 42.1 Å². The summed E-state index contributed by atoms with van der Waals surface area (Å²) in [6.45, 7) is 2.98. The van der Waals surface area contributed by atoms with Gasteiger partial charge in [0.15, 0.2) is 11.6 Å². The summed E-state index contributed by atoms with van der Waals surface area (Å²) >= 11 is 0. The van der Waals surface area contributed by atoms with Crippen LogP contribution in [-0.2, 0) is 6.54 Å². The van der Waals surface area contributed by atoms with Gasteiger partial charge in [-0.15, -0.1) is 0 Å². The molecular formula is C17H23FN6. The van der Waals surface area contributed by atoms with Crippen LogP contribution < -0.4 is 10.2 Å². The maximum absolute atomic E-state index is 13.7. The summed E-state index contributed by atoms with van der Waals surface area (Å²) in [7, 11) is 3.54. The zero-order valence-electron chi connectivity index (χ0n) is 14.1. The molecule has 24 heavy (non-hydrogen) atoms. The van der Waals surface area contributed by atoms with Crippen molar-refractivity contribution in [2.45, 2.75) is 25.4 Å². The SMILES string of the molecule is CN(C)c1nc(NC2CCN(Cc3ccncc3)CC2)ncc1F. The molecule has 1 aliphatic rings. The van der Waals surface area contributed by atoms with Gasteiger partial charge >= 0.3 is 0 Å². The fraction of sp³-hybridized carbons (Fsp3) is 0.471. The first-order chi connectivity index (χ1) is 11.6. The van der Waals surface area contributed by atoms with Crippen molar-refractivity contribution in [3.8, 4) is 0 Å². The van der Waals surface area contributed by atoms with Gasteiger partial charge in [0.25, 0.3) is 0 Å². The maximum Gasteiger partial charge on any atom is 0.225 e. The predicted octanol–water partition coefficient (Wildman–Crippen LogP) is 2.15. The Labute approximate surface area is 141 Å². The summed E-state index contributed by atoms with van der Waals surface area (Å²) in [4.78, 5) is 16.5. The molecule has 0 amide bonds. The third-order valence-electron chi connectivity index (χ3n) is 4.23. The van der Waals surface area contributed by atoms with Gasteiger partial charge in [-0.25, -0.2) is 9.37 Å². The normalized spacial score (nSPS) is 16.1. The van der Waals surface area contributed by atoms with Gasteiger partial charge in [-0.2, -0.15) is 4.98 Å². The average Bonchev–Trinajstić information content (AvgIpc) is 2.59. The van der Waals surface area contributed by atoms with E-state index < -0.39 is 5.82 Å². The van der Waals surface area contributed by atoms with Crippen LogP contribution in [0.5, 0.6) is 0 Å². The fourth-order valence-electron chi connectivity index (χ4n) is 2.91. The Kier molecular flexibility index (Phi) is 5.20. The molecule has 7 heteroatoms. The van der Waals surface area contributed by atoms with Gasteiger partial charge in [0, 0.05) is 52.2 Å². The van der Waals surface area contributed by atoms with Crippen molar-refractivity contribution in [2.75, 3.05) is 37.4 Å². The molecule has 0 aromatic carbocycles. The number of piperidine rings is 1. The third kappa shape index (κ3) is 4.17. The second-order valence-electron chi connectivity index (χ2n) is 6.31. The van der Waals surface area contributed by atoms with Crippen LogP contribution in [0.15, 0.2) is 30.7 Å². The number of aromatic nitrogens is 3. The molecule has 1 fully saturated rings. The summed E-state index contributed by atoms with van der Waals surface area (Å²) in [5, 5.41) is 3.34. The standard InChI is InChI=1S/C17H23FN6/c1-23(2)16-15(18)11-20-17(22-16)21-14-5-9-24(10-6-14)12-13-3-7-19-8-4-13/h3-4,7-8,11,14H,5-6,9-10,12H2,1-2H3,(H,20,21,22). The highest BCUT2D eigenvalue weighted by atomic mass is 19.1. The smallest absolute Gasteiger partial charge is 0.225 e. The lowest BCUT2D eigenvalue weighted by atomic mass is 10.0. The van der Waals surface area contributed by atoms with Crippen molar-refractivity contribution in [3.63, 3.8) is 0 Å². The summed E-state index contributed by atoms with van der Waals surface area (Å²) in [5.41, 5.74) is 1.29. The number of hydrogen-bond donors (Lipinski definition) is 1. The third-order valence-corrected chi connectivity index (χ3v) is 4.23. The molecular weight excluding hydrogens is 307 g/mol. The monoisotopic (exact) mass is 330 g/mol. The van der Waals surface area contributed by atoms with E-state index in [1.54, 1.807) is 19.0 Å². The van der Waals surface area contributed by atoms with Gasteiger partial charge < -0.3 is 10.2 Å². The van der Waals surface area contributed by atoms with Crippen molar-refractivity contribution < 1.29 is 4.39 Å².